The Balaban J connectivity index is 2.23. The Morgan fingerprint density at radius 3 is 2.43 bits per heavy atom. The van der Waals surface area contributed by atoms with Gasteiger partial charge in [0.15, 0.2) is 11.7 Å². The molecular weight excluding hydrogens is 312 g/mol. The third-order valence-corrected chi connectivity index (χ3v) is 3.91. The molecule has 0 aliphatic rings. The second kappa shape index (κ2) is 7.08. The summed E-state index contributed by atoms with van der Waals surface area (Å²) < 4.78 is 0. The fourth-order valence-corrected chi connectivity index (χ4v) is 2.25. The fraction of sp³-hybridized carbons (Fsp3) is 0.167. The number of anilines is 1. The molecule has 0 aliphatic carbocycles. The van der Waals surface area contributed by atoms with E-state index >= 15 is 0 Å². The lowest BCUT2D eigenvalue weighted by Gasteiger charge is -2.11. The first-order valence-corrected chi connectivity index (χ1v) is 7.38. The summed E-state index contributed by atoms with van der Waals surface area (Å²) in [5.41, 5.74) is 2.68. The highest BCUT2D eigenvalue weighted by Gasteiger charge is 2.28. The summed E-state index contributed by atoms with van der Waals surface area (Å²) in [7, 11) is 0. The SMILES string of the molecule is Cc1ccc(C(=O)C(C#N)C(=O)Nc2ccccc2Cl)cc1C. The van der Waals surface area contributed by atoms with Gasteiger partial charge in [-0.2, -0.15) is 5.26 Å². The van der Waals surface area contributed by atoms with Gasteiger partial charge in [0, 0.05) is 5.56 Å². The molecule has 1 atom stereocenters. The molecule has 0 aromatic heterocycles. The number of hydrogen-bond donors (Lipinski definition) is 1. The molecule has 0 aliphatic heterocycles. The largest absolute Gasteiger partial charge is 0.323 e. The van der Waals surface area contributed by atoms with Crippen LogP contribution in [0, 0.1) is 31.1 Å². The number of nitriles is 1. The molecule has 0 bridgehead atoms. The fourth-order valence-electron chi connectivity index (χ4n) is 2.07. The zero-order valence-electron chi connectivity index (χ0n) is 12.8. The number of halogens is 1. The van der Waals surface area contributed by atoms with E-state index in [-0.39, 0.29) is 0 Å². The van der Waals surface area contributed by atoms with Gasteiger partial charge in [-0.1, -0.05) is 35.9 Å². The minimum Gasteiger partial charge on any atom is -0.323 e. The van der Waals surface area contributed by atoms with Crippen LogP contribution >= 0.6 is 11.6 Å². The van der Waals surface area contributed by atoms with Crippen LogP contribution in [0.1, 0.15) is 21.5 Å². The molecule has 0 radical (unpaired) electrons. The number of Topliss-reactive ketones (excluding diaryl/α,β-unsaturated/α-hetero) is 1. The molecule has 0 fully saturated rings. The molecule has 4 nitrogen and oxygen atoms in total. The van der Waals surface area contributed by atoms with E-state index in [0.29, 0.717) is 16.3 Å². The molecule has 1 N–H and O–H groups in total. The van der Waals surface area contributed by atoms with Crippen molar-refractivity contribution in [1.82, 2.24) is 0 Å². The minimum atomic E-state index is -1.42. The van der Waals surface area contributed by atoms with E-state index in [2.05, 4.69) is 5.32 Å². The van der Waals surface area contributed by atoms with E-state index < -0.39 is 17.6 Å². The topological polar surface area (TPSA) is 70.0 Å². The summed E-state index contributed by atoms with van der Waals surface area (Å²) in [5, 5.41) is 12.1. The Morgan fingerprint density at radius 2 is 1.83 bits per heavy atom. The molecule has 116 valence electrons. The Hall–Kier alpha value is -2.64. The number of para-hydroxylation sites is 1. The van der Waals surface area contributed by atoms with E-state index in [4.69, 9.17) is 11.6 Å². The maximum atomic E-state index is 12.4. The third kappa shape index (κ3) is 3.77. The van der Waals surface area contributed by atoms with Crippen LogP contribution in [0.15, 0.2) is 42.5 Å². The van der Waals surface area contributed by atoms with Gasteiger partial charge in [-0.05, 0) is 43.2 Å². The molecule has 0 saturated carbocycles. The molecule has 23 heavy (non-hydrogen) atoms. The molecule has 1 amide bonds. The average molecular weight is 327 g/mol. The molecule has 2 aromatic carbocycles. The van der Waals surface area contributed by atoms with Gasteiger partial charge in [0.1, 0.15) is 0 Å². The lowest BCUT2D eigenvalue weighted by atomic mass is 9.95. The standard InChI is InChI=1S/C18H15ClN2O2/c1-11-7-8-13(9-12(11)2)17(22)14(10-20)18(23)21-16-6-4-3-5-15(16)19/h3-9,14H,1-2H3,(H,21,23). The highest BCUT2D eigenvalue weighted by Crippen LogP contribution is 2.22. The molecule has 0 saturated heterocycles. The monoisotopic (exact) mass is 326 g/mol. The van der Waals surface area contributed by atoms with Gasteiger partial charge in [-0.3, -0.25) is 9.59 Å². The van der Waals surface area contributed by atoms with Crippen molar-refractivity contribution in [2.45, 2.75) is 13.8 Å². The lowest BCUT2D eigenvalue weighted by Crippen LogP contribution is -2.28. The smallest absolute Gasteiger partial charge is 0.249 e. The predicted octanol–water partition coefficient (Wildman–Crippen LogP) is 3.92. The van der Waals surface area contributed by atoms with E-state index in [9.17, 15) is 14.9 Å². The van der Waals surface area contributed by atoms with Gasteiger partial charge in [-0.15, -0.1) is 0 Å². The van der Waals surface area contributed by atoms with Crippen molar-refractivity contribution in [3.05, 3.63) is 64.2 Å². The Labute approximate surface area is 139 Å². The van der Waals surface area contributed by atoms with Crippen molar-refractivity contribution < 1.29 is 9.59 Å². The first-order valence-electron chi connectivity index (χ1n) is 7.00. The summed E-state index contributed by atoms with van der Waals surface area (Å²) in [6, 6.07) is 13.5. The maximum absolute atomic E-state index is 12.4. The number of aryl methyl sites for hydroxylation is 2. The maximum Gasteiger partial charge on any atom is 0.249 e. The highest BCUT2D eigenvalue weighted by molar-refractivity contribution is 6.34. The Morgan fingerprint density at radius 1 is 1.13 bits per heavy atom. The van der Waals surface area contributed by atoms with E-state index in [1.165, 1.54) is 0 Å². The van der Waals surface area contributed by atoms with Gasteiger partial charge >= 0.3 is 0 Å². The van der Waals surface area contributed by atoms with Crippen molar-refractivity contribution >= 4 is 29.0 Å². The van der Waals surface area contributed by atoms with Gasteiger partial charge in [-0.25, -0.2) is 0 Å². The lowest BCUT2D eigenvalue weighted by molar-refractivity contribution is -0.117. The van der Waals surface area contributed by atoms with Gasteiger partial charge < -0.3 is 5.32 Å². The Bertz CT molecular complexity index is 809. The van der Waals surface area contributed by atoms with Crippen molar-refractivity contribution in [2.75, 3.05) is 5.32 Å². The second-order valence-electron chi connectivity index (χ2n) is 5.19. The molecule has 0 spiro atoms. The highest BCUT2D eigenvalue weighted by atomic mass is 35.5. The van der Waals surface area contributed by atoms with Crippen LogP contribution < -0.4 is 5.32 Å². The van der Waals surface area contributed by atoms with Crippen molar-refractivity contribution in [2.24, 2.45) is 5.92 Å². The summed E-state index contributed by atoms with van der Waals surface area (Å²) in [6.07, 6.45) is 0. The minimum absolute atomic E-state index is 0.342. The van der Waals surface area contributed by atoms with Crippen molar-refractivity contribution in [1.29, 1.82) is 5.26 Å². The zero-order chi connectivity index (χ0) is 17.0. The summed E-state index contributed by atoms with van der Waals surface area (Å²) in [6.45, 7) is 3.80. The molecule has 2 rings (SSSR count). The predicted molar refractivity (Wildman–Crippen MR) is 89.4 cm³/mol. The van der Waals surface area contributed by atoms with Crippen LogP contribution in [0.25, 0.3) is 0 Å². The quantitative estimate of drug-likeness (QED) is 0.684. The second-order valence-corrected chi connectivity index (χ2v) is 5.60. The average Bonchev–Trinajstić information content (AvgIpc) is 2.53. The Kier molecular flexibility index (Phi) is 5.15. The number of carbonyl (C=O) groups is 2. The number of carbonyl (C=O) groups excluding carboxylic acids is 2. The van der Waals surface area contributed by atoms with E-state index in [1.807, 2.05) is 13.8 Å². The van der Waals surface area contributed by atoms with E-state index in [1.54, 1.807) is 48.5 Å². The zero-order valence-corrected chi connectivity index (χ0v) is 13.5. The number of benzene rings is 2. The normalized spacial score (nSPS) is 11.4. The number of hydrogen-bond acceptors (Lipinski definition) is 3. The summed E-state index contributed by atoms with van der Waals surface area (Å²) >= 11 is 5.97. The van der Waals surface area contributed by atoms with Crippen LogP contribution in [0.2, 0.25) is 5.02 Å². The number of nitrogens with zero attached hydrogens (tertiary/aromatic N) is 1. The molecular formula is C18H15ClN2O2. The third-order valence-electron chi connectivity index (χ3n) is 3.58. The number of nitrogens with one attached hydrogen (secondary N) is 1. The molecule has 0 heterocycles. The first-order chi connectivity index (χ1) is 10.9. The summed E-state index contributed by atoms with van der Waals surface area (Å²) in [4.78, 5) is 24.7. The van der Waals surface area contributed by atoms with Crippen LogP contribution in [-0.2, 0) is 4.79 Å². The molecule has 1 unspecified atom stereocenters. The van der Waals surface area contributed by atoms with E-state index in [0.717, 1.165) is 11.1 Å². The summed E-state index contributed by atoms with van der Waals surface area (Å²) in [5.74, 6) is -2.64. The van der Waals surface area contributed by atoms with Crippen molar-refractivity contribution in [3.8, 4) is 6.07 Å². The van der Waals surface area contributed by atoms with Crippen LogP contribution in [0.4, 0.5) is 5.69 Å². The van der Waals surface area contributed by atoms with Crippen LogP contribution in [0.5, 0.6) is 0 Å². The molecule has 2 aromatic rings. The van der Waals surface area contributed by atoms with Gasteiger partial charge in [0.25, 0.3) is 0 Å². The van der Waals surface area contributed by atoms with Gasteiger partial charge in [0.2, 0.25) is 5.91 Å². The van der Waals surface area contributed by atoms with Gasteiger partial charge in [0.05, 0.1) is 16.8 Å². The molecule has 5 heteroatoms. The van der Waals surface area contributed by atoms with Crippen molar-refractivity contribution in [3.63, 3.8) is 0 Å². The number of amides is 1. The number of ketones is 1. The first kappa shape index (κ1) is 16.7. The van der Waals surface area contributed by atoms with Crippen LogP contribution in [-0.4, -0.2) is 11.7 Å². The number of rotatable bonds is 4. The van der Waals surface area contributed by atoms with Crippen LogP contribution in [0.3, 0.4) is 0 Å².